The van der Waals surface area contributed by atoms with Crippen LogP contribution in [0.2, 0.25) is 0 Å². The topological polar surface area (TPSA) is 75.4 Å². The molecule has 1 atom stereocenters. The minimum atomic E-state index is -3.44. The molecular weight excluding hydrogens is 298 g/mol. The second-order valence-corrected chi connectivity index (χ2v) is 8.37. The van der Waals surface area contributed by atoms with Gasteiger partial charge in [0.2, 0.25) is 0 Å². The fourth-order valence-corrected chi connectivity index (χ4v) is 3.33. The van der Waals surface area contributed by atoms with Gasteiger partial charge in [-0.05, 0) is 35.8 Å². The average molecular weight is 325 g/mol. The lowest BCUT2D eigenvalue weighted by Crippen LogP contribution is -2.42. The maximum absolute atomic E-state index is 12.1. The maximum atomic E-state index is 12.1. The molecule has 22 heavy (non-hydrogen) atoms. The summed E-state index contributed by atoms with van der Waals surface area (Å²) in [4.78, 5) is 0. The van der Waals surface area contributed by atoms with Crippen molar-refractivity contribution < 1.29 is 8.42 Å². The molecule has 0 aromatic heterocycles. The number of nitrogens with zero attached hydrogens (tertiary/aromatic N) is 1. The highest BCUT2D eigenvalue weighted by Gasteiger charge is 2.28. The van der Waals surface area contributed by atoms with E-state index in [0.29, 0.717) is 18.4 Å². The first-order chi connectivity index (χ1) is 10.3. The first-order valence-electron chi connectivity index (χ1n) is 7.86. The first-order valence-corrected chi connectivity index (χ1v) is 9.30. The predicted octanol–water partition coefficient (Wildman–Crippen LogP) is 1.99. The lowest BCUT2D eigenvalue weighted by Gasteiger charge is -2.20. The molecule has 6 heteroatoms. The summed E-state index contributed by atoms with van der Waals surface area (Å²) in [5.74, 6) is 0.999. The van der Waals surface area contributed by atoms with Crippen molar-refractivity contribution in [1.29, 1.82) is 0 Å². The average Bonchev–Trinajstić information content (AvgIpc) is 3.28. The van der Waals surface area contributed by atoms with Gasteiger partial charge < -0.3 is 5.73 Å². The number of rotatable bonds is 8. The van der Waals surface area contributed by atoms with Crippen LogP contribution in [-0.4, -0.2) is 32.9 Å². The van der Waals surface area contributed by atoms with Crippen LogP contribution in [-0.2, 0) is 10.2 Å². The van der Waals surface area contributed by atoms with Crippen LogP contribution in [0.4, 0.5) is 0 Å². The summed E-state index contributed by atoms with van der Waals surface area (Å²) in [6.07, 6.45) is 2.25. The molecule has 1 aromatic rings. The molecule has 3 N–H and O–H groups in total. The van der Waals surface area contributed by atoms with E-state index in [0.717, 1.165) is 18.4 Å². The van der Waals surface area contributed by atoms with Crippen molar-refractivity contribution in [3.63, 3.8) is 0 Å². The Hall–Kier alpha value is -0.950. The third-order valence-corrected chi connectivity index (χ3v) is 5.64. The summed E-state index contributed by atoms with van der Waals surface area (Å²) in [7, 11) is -1.82. The molecule has 0 saturated heterocycles. The number of hydrogen-bond donors (Lipinski definition) is 2. The van der Waals surface area contributed by atoms with Gasteiger partial charge in [0, 0.05) is 26.2 Å². The van der Waals surface area contributed by atoms with Gasteiger partial charge in [-0.1, -0.05) is 38.1 Å². The lowest BCUT2D eigenvalue weighted by atomic mass is 9.99. The summed E-state index contributed by atoms with van der Waals surface area (Å²) in [6, 6.07) is 7.70. The van der Waals surface area contributed by atoms with Crippen molar-refractivity contribution in [1.82, 2.24) is 9.03 Å². The van der Waals surface area contributed by atoms with E-state index in [-0.39, 0.29) is 12.6 Å². The molecule has 2 rings (SSSR count). The van der Waals surface area contributed by atoms with Crippen molar-refractivity contribution in [2.45, 2.75) is 38.6 Å². The summed E-state index contributed by atoms with van der Waals surface area (Å²) < 4.78 is 28.3. The fourth-order valence-electron chi connectivity index (χ4n) is 2.31. The molecule has 124 valence electrons. The fraction of sp³-hybridized carbons (Fsp3) is 0.625. The zero-order valence-electron chi connectivity index (χ0n) is 13.6. The van der Waals surface area contributed by atoms with E-state index in [1.165, 1.54) is 9.87 Å². The van der Waals surface area contributed by atoms with E-state index >= 15 is 0 Å². The normalized spacial score (nSPS) is 17.2. The van der Waals surface area contributed by atoms with Crippen LogP contribution in [0.3, 0.4) is 0 Å². The van der Waals surface area contributed by atoms with Crippen LogP contribution in [0.15, 0.2) is 24.3 Å². The molecular formula is C16H27N3O2S. The Kier molecular flexibility index (Phi) is 5.60. The zero-order valence-corrected chi connectivity index (χ0v) is 14.4. The molecule has 5 nitrogen and oxygen atoms in total. The van der Waals surface area contributed by atoms with Crippen LogP contribution in [0, 0.1) is 5.92 Å². The van der Waals surface area contributed by atoms with Crippen LogP contribution in [0.5, 0.6) is 0 Å². The highest BCUT2D eigenvalue weighted by atomic mass is 32.2. The van der Waals surface area contributed by atoms with Crippen molar-refractivity contribution in [2.24, 2.45) is 11.7 Å². The van der Waals surface area contributed by atoms with Gasteiger partial charge in [-0.2, -0.15) is 12.7 Å². The molecule has 0 aliphatic heterocycles. The highest BCUT2D eigenvalue weighted by Crippen LogP contribution is 2.29. The Morgan fingerprint density at radius 3 is 2.27 bits per heavy atom. The van der Waals surface area contributed by atoms with Gasteiger partial charge in [0.25, 0.3) is 10.2 Å². The summed E-state index contributed by atoms with van der Waals surface area (Å²) in [6.45, 7) is 5.07. The van der Waals surface area contributed by atoms with Gasteiger partial charge in [-0.25, -0.2) is 4.72 Å². The predicted molar refractivity (Wildman–Crippen MR) is 89.7 cm³/mol. The Labute approximate surface area is 134 Å². The number of nitrogens with one attached hydrogen (secondary N) is 1. The SMILES string of the molecule is CC(C)c1ccc(C(N)CNS(=O)(=O)N(C)CC2CC2)cc1. The minimum absolute atomic E-state index is 0.207. The van der Waals surface area contributed by atoms with Crippen LogP contribution >= 0.6 is 0 Å². The molecule has 0 amide bonds. The highest BCUT2D eigenvalue weighted by molar-refractivity contribution is 7.87. The second-order valence-electron chi connectivity index (χ2n) is 6.51. The van der Waals surface area contributed by atoms with Gasteiger partial charge >= 0.3 is 0 Å². The Morgan fingerprint density at radius 2 is 1.77 bits per heavy atom. The maximum Gasteiger partial charge on any atom is 0.279 e. The van der Waals surface area contributed by atoms with Gasteiger partial charge in [0.15, 0.2) is 0 Å². The second kappa shape index (κ2) is 7.08. The molecule has 0 bridgehead atoms. The molecule has 1 aromatic carbocycles. The first kappa shape index (κ1) is 17.4. The van der Waals surface area contributed by atoms with Crippen LogP contribution < -0.4 is 10.5 Å². The van der Waals surface area contributed by atoms with Crippen molar-refractivity contribution in [3.05, 3.63) is 35.4 Å². The van der Waals surface area contributed by atoms with Crippen molar-refractivity contribution in [2.75, 3.05) is 20.1 Å². The third kappa shape index (κ3) is 4.78. The monoisotopic (exact) mass is 325 g/mol. The number of hydrogen-bond acceptors (Lipinski definition) is 3. The van der Waals surface area contributed by atoms with Gasteiger partial charge in [0.1, 0.15) is 0 Å². The number of benzene rings is 1. The Morgan fingerprint density at radius 1 is 1.23 bits per heavy atom. The lowest BCUT2D eigenvalue weighted by molar-refractivity contribution is 0.440. The standard InChI is InChI=1S/C16H27N3O2S/c1-12(2)14-6-8-15(9-7-14)16(17)10-18-22(20,21)19(3)11-13-4-5-13/h6-9,12-13,16,18H,4-5,10-11,17H2,1-3H3. The summed E-state index contributed by atoms with van der Waals surface area (Å²) >= 11 is 0. The van der Waals surface area contributed by atoms with Crippen LogP contribution in [0.1, 0.15) is 49.8 Å². The Balaban J connectivity index is 1.89. The summed E-state index contributed by atoms with van der Waals surface area (Å²) in [5, 5.41) is 0. The molecule has 0 heterocycles. The molecule has 1 aliphatic carbocycles. The Bertz CT molecular complexity index is 580. The molecule has 1 aliphatic rings. The third-order valence-electron chi connectivity index (χ3n) is 4.14. The molecule has 1 fully saturated rings. The van der Waals surface area contributed by atoms with Gasteiger partial charge in [0.05, 0.1) is 0 Å². The van der Waals surface area contributed by atoms with Crippen molar-refractivity contribution in [3.8, 4) is 0 Å². The van der Waals surface area contributed by atoms with E-state index in [1.54, 1.807) is 7.05 Å². The quantitative estimate of drug-likeness (QED) is 0.767. The van der Waals surface area contributed by atoms with Gasteiger partial charge in [-0.15, -0.1) is 0 Å². The van der Waals surface area contributed by atoms with Crippen molar-refractivity contribution >= 4 is 10.2 Å². The van der Waals surface area contributed by atoms with Crippen LogP contribution in [0.25, 0.3) is 0 Å². The zero-order chi connectivity index (χ0) is 16.3. The largest absolute Gasteiger partial charge is 0.323 e. The van der Waals surface area contributed by atoms with Gasteiger partial charge in [-0.3, -0.25) is 0 Å². The molecule has 1 saturated carbocycles. The summed E-state index contributed by atoms with van der Waals surface area (Å²) in [5.41, 5.74) is 8.29. The smallest absolute Gasteiger partial charge is 0.279 e. The minimum Gasteiger partial charge on any atom is -0.323 e. The molecule has 1 unspecified atom stereocenters. The molecule has 0 radical (unpaired) electrons. The molecule has 0 spiro atoms. The van der Waals surface area contributed by atoms with E-state index in [9.17, 15) is 8.42 Å². The number of nitrogens with two attached hydrogens (primary N) is 1. The van der Waals surface area contributed by atoms with E-state index in [1.807, 2.05) is 24.3 Å². The van der Waals surface area contributed by atoms with E-state index < -0.39 is 10.2 Å². The van der Waals surface area contributed by atoms with E-state index in [4.69, 9.17) is 5.73 Å². The van der Waals surface area contributed by atoms with E-state index in [2.05, 4.69) is 18.6 Å².